The highest BCUT2D eigenvalue weighted by Crippen LogP contribution is 2.35. The maximum Gasteiger partial charge on any atom is 0.263 e. The van der Waals surface area contributed by atoms with E-state index in [-0.39, 0.29) is 11.7 Å². The summed E-state index contributed by atoms with van der Waals surface area (Å²) in [5, 5.41) is 4.28. The highest BCUT2D eigenvalue weighted by Gasteiger charge is 2.24. The van der Waals surface area contributed by atoms with Crippen molar-refractivity contribution in [3.63, 3.8) is 0 Å². The molecule has 4 nitrogen and oxygen atoms in total. The second-order valence-corrected chi connectivity index (χ2v) is 7.53. The largest absolute Gasteiger partial charge is 0.337 e. The number of rotatable bonds is 4. The molecule has 1 unspecified atom stereocenters. The fraction of sp³-hybridized carbons (Fsp3) is 0.100. The fourth-order valence-corrected chi connectivity index (χ4v) is 4.38. The second-order valence-electron chi connectivity index (χ2n) is 6.10. The maximum atomic E-state index is 13.3. The van der Waals surface area contributed by atoms with Crippen LogP contribution < -0.4 is 5.32 Å². The number of thiophene rings is 1. The van der Waals surface area contributed by atoms with E-state index < -0.39 is 6.04 Å². The molecule has 2 aromatic heterocycles. The number of imidazole rings is 1. The lowest BCUT2D eigenvalue weighted by Crippen LogP contribution is -2.30. The predicted molar refractivity (Wildman–Crippen MR) is 106 cm³/mol. The van der Waals surface area contributed by atoms with Crippen molar-refractivity contribution in [2.24, 2.45) is 7.05 Å². The van der Waals surface area contributed by atoms with Gasteiger partial charge in [-0.05, 0) is 23.8 Å². The van der Waals surface area contributed by atoms with Crippen LogP contribution in [-0.2, 0) is 7.05 Å². The number of benzene rings is 2. The first-order valence-electron chi connectivity index (χ1n) is 8.25. The molecule has 2 aromatic carbocycles. The Bertz CT molecular complexity index is 1120. The minimum absolute atomic E-state index is 0.293. The van der Waals surface area contributed by atoms with Gasteiger partial charge in [0.15, 0.2) is 0 Å². The van der Waals surface area contributed by atoms with Crippen LogP contribution in [0.5, 0.6) is 0 Å². The van der Waals surface area contributed by atoms with Crippen LogP contribution >= 0.6 is 22.9 Å². The number of fused-ring (bicyclic) bond motifs is 1. The summed E-state index contributed by atoms with van der Waals surface area (Å²) >= 11 is 7.78. The molecular formula is C20H15ClFN3OS. The average molecular weight is 400 g/mol. The lowest BCUT2D eigenvalue weighted by molar-refractivity contribution is 0.0945. The monoisotopic (exact) mass is 399 g/mol. The van der Waals surface area contributed by atoms with Crippen molar-refractivity contribution < 1.29 is 9.18 Å². The van der Waals surface area contributed by atoms with E-state index in [1.54, 1.807) is 24.5 Å². The van der Waals surface area contributed by atoms with Gasteiger partial charge in [-0.2, -0.15) is 0 Å². The van der Waals surface area contributed by atoms with Crippen molar-refractivity contribution in [3.8, 4) is 0 Å². The normalized spacial score (nSPS) is 12.3. The Kier molecular flexibility index (Phi) is 4.68. The molecule has 0 fully saturated rings. The number of nitrogens with zero attached hydrogens (tertiary/aromatic N) is 2. The maximum absolute atomic E-state index is 13.3. The molecule has 1 N–H and O–H groups in total. The molecule has 0 aliphatic rings. The zero-order valence-electron chi connectivity index (χ0n) is 14.3. The average Bonchev–Trinajstić information content (AvgIpc) is 3.24. The Hall–Kier alpha value is -2.70. The SMILES string of the molecule is Cn1ccnc1C(NC(=O)c1sc2ccccc2c1Cl)c1ccc(F)cc1. The lowest BCUT2D eigenvalue weighted by Gasteiger charge is -2.19. The van der Waals surface area contributed by atoms with Gasteiger partial charge in [0.1, 0.15) is 22.6 Å². The quantitative estimate of drug-likeness (QED) is 0.528. The molecule has 1 amide bonds. The highest BCUT2D eigenvalue weighted by molar-refractivity contribution is 7.21. The van der Waals surface area contributed by atoms with E-state index in [1.165, 1.54) is 23.5 Å². The van der Waals surface area contributed by atoms with E-state index in [0.717, 1.165) is 15.6 Å². The molecule has 0 radical (unpaired) electrons. The lowest BCUT2D eigenvalue weighted by atomic mass is 10.1. The molecule has 4 rings (SSSR count). The number of hydrogen-bond acceptors (Lipinski definition) is 3. The zero-order chi connectivity index (χ0) is 19.0. The first-order chi connectivity index (χ1) is 13.0. The van der Waals surface area contributed by atoms with Gasteiger partial charge in [-0.25, -0.2) is 9.37 Å². The van der Waals surface area contributed by atoms with Gasteiger partial charge in [0.05, 0.1) is 5.02 Å². The third-order valence-corrected chi connectivity index (χ3v) is 6.01. The molecule has 27 heavy (non-hydrogen) atoms. The minimum atomic E-state index is -0.528. The van der Waals surface area contributed by atoms with E-state index in [4.69, 9.17) is 11.6 Å². The first kappa shape index (κ1) is 17.7. The summed E-state index contributed by atoms with van der Waals surface area (Å²) in [4.78, 5) is 17.8. The molecule has 136 valence electrons. The summed E-state index contributed by atoms with van der Waals surface area (Å²) < 4.78 is 16.1. The number of nitrogens with one attached hydrogen (secondary N) is 1. The van der Waals surface area contributed by atoms with Crippen molar-refractivity contribution in [2.45, 2.75) is 6.04 Å². The summed E-state index contributed by atoms with van der Waals surface area (Å²) in [5.74, 6) is 0.0157. The molecule has 0 aliphatic carbocycles. The van der Waals surface area contributed by atoms with Gasteiger partial charge in [0, 0.05) is 29.5 Å². The highest BCUT2D eigenvalue weighted by atomic mass is 35.5. The van der Waals surface area contributed by atoms with Gasteiger partial charge in [0.25, 0.3) is 5.91 Å². The number of carbonyl (C=O) groups excluding carboxylic acids is 1. The van der Waals surface area contributed by atoms with Crippen LogP contribution in [0.2, 0.25) is 5.02 Å². The Morgan fingerprint density at radius 1 is 1.22 bits per heavy atom. The van der Waals surface area contributed by atoms with Gasteiger partial charge < -0.3 is 9.88 Å². The molecule has 0 bridgehead atoms. The van der Waals surface area contributed by atoms with Gasteiger partial charge in [-0.15, -0.1) is 11.3 Å². The zero-order valence-corrected chi connectivity index (χ0v) is 15.9. The standard InChI is InChI=1S/C20H15ClFN3OS/c1-25-11-10-23-19(25)17(12-6-8-13(22)9-7-12)24-20(26)18-16(21)14-4-2-3-5-15(14)27-18/h2-11,17H,1H3,(H,24,26). The first-order valence-corrected chi connectivity index (χ1v) is 9.44. The number of aryl methyl sites for hydroxylation is 1. The third-order valence-electron chi connectivity index (χ3n) is 4.34. The number of halogens is 2. The third kappa shape index (κ3) is 3.34. The van der Waals surface area contributed by atoms with Crippen molar-refractivity contribution in [3.05, 3.63) is 88.0 Å². The molecule has 0 saturated heterocycles. The van der Waals surface area contributed by atoms with E-state index in [2.05, 4.69) is 10.3 Å². The Balaban J connectivity index is 1.72. The van der Waals surface area contributed by atoms with Crippen molar-refractivity contribution >= 4 is 38.9 Å². The molecule has 0 spiro atoms. The van der Waals surface area contributed by atoms with Crippen LogP contribution in [-0.4, -0.2) is 15.5 Å². The van der Waals surface area contributed by atoms with Gasteiger partial charge in [-0.1, -0.05) is 41.9 Å². The van der Waals surface area contributed by atoms with Crippen LogP contribution in [0.3, 0.4) is 0 Å². The van der Waals surface area contributed by atoms with Crippen LogP contribution in [0.1, 0.15) is 27.1 Å². The van der Waals surface area contributed by atoms with Crippen molar-refractivity contribution in [1.29, 1.82) is 0 Å². The number of carbonyl (C=O) groups is 1. The fourth-order valence-electron chi connectivity index (χ4n) is 2.96. The molecule has 1 atom stereocenters. The second kappa shape index (κ2) is 7.13. The van der Waals surface area contributed by atoms with E-state index >= 15 is 0 Å². The van der Waals surface area contributed by atoms with E-state index in [1.807, 2.05) is 35.9 Å². The van der Waals surface area contributed by atoms with Crippen LogP contribution in [0, 0.1) is 5.82 Å². The van der Waals surface area contributed by atoms with Gasteiger partial charge in [0.2, 0.25) is 0 Å². The number of aromatic nitrogens is 2. The van der Waals surface area contributed by atoms with E-state index in [9.17, 15) is 9.18 Å². The summed E-state index contributed by atoms with van der Waals surface area (Å²) in [5.41, 5.74) is 0.733. The summed E-state index contributed by atoms with van der Waals surface area (Å²) in [6, 6.07) is 13.1. The van der Waals surface area contributed by atoms with E-state index in [0.29, 0.717) is 15.7 Å². The minimum Gasteiger partial charge on any atom is -0.337 e. The number of hydrogen-bond donors (Lipinski definition) is 1. The summed E-state index contributed by atoms with van der Waals surface area (Å²) in [7, 11) is 1.84. The molecule has 4 aromatic rings. The molecule has 2 heterocycles. The topological polar surface area (TPSA) is 46.9 Å². The number of amides is 1. The smallest absolute Gasteiger partial charge is 0.263 e. The summed E-state index contributed by atoms with van der Waals surface area (Å²) in [6.07, 6.45) is 3.45. The molecular weight excluding hydrogens is 385 g/mol. The Morgan fingerprint density at radius 3 is 2.63 bits per heavy atom. The van der Waals surface area contributed by atoms with Gasteiger partial charge >= 0.3 is 0 Å². The van der Waals surface area contributed by atoms with Crippen LogP contribution in [0.25, 0.3) is 10.1 Å². The summed E-state index contributed by atoms with van der Waals surface area (Å²) in [6.45, 7) is 0. The van der Waals surface area contributed by atoms with Crippen LogP contribution in [0.4, 0.5) is 4.39 Å². The molecule has 7 heteroatoms. The van der Waals surface area contributed by atoms with Crippen LogP contribution in [0.15, 0.2) is 60.9 Å². The molecule has 0 aliphatic heterocycles. The molecule has 0 saturated carbocycles. The Morgan fingerprint density at radius 2 is 1.96 bits per heavy atom. The Labute approximate surface area is 164 Å². The van der Waals surface area contributed by atoms with Crippen molar-refractivity contribution in [2.75, 3.05) is 0 Å². The predicted octanol–water partition coefficient (Wildman–Crippen LogP) is 4.95. The van der Waals surface area contributed by atoms with Gasteiger partial charge in [-0.3, -0.25) is 4.79 Å². The van der Waals surface area contributed by atoms with Crippen molar-refractivity contribution in [1.82, 2.24) is 14.9 Å².